The molecule has 33 heavy (non-hydrogen) atoms. The van der Waals surface area contributed by atoms with Crippen LogP contribution in [0.3, 0.4) is 0 Å². The molecule has 1 unspecified atom stereocenters. The van der Waals surface area contributed by atoms with Crippen LogP contribution >= 0.6 is 0 Å². The highest BCUT2D eigenvalue weighted by molar-refractivity contribution is 5.77. The molecule has 1 aliphatic heterocycles. The van der Waals surface area contributed by atoms with E-state index in [1.165, 1.54) is 24.3 Å². The number of hydrogen-bond acceptors (Lipinski definition) is 6. The Bertz CT molecular complexity index is 1000. The molecule has 0 bridgehead atoms. The van der Waals surface area contributed by atoms with Crippen molar-refractivity contribution in [1.29, 1.82) is 0 Å². The summed E-state index contributed by atoms with van der Waals surface area (Å²) in [6, 6.07) is 17.4. The summed E-state index contributed by atoms with van der Waals surface area (Å²) in [7, 11) is 1.66. The van der Waals surface area contributed by atoms with Crippen molar-refractivity contribution in [3.05, 3.63) is 78.5 Å². The van der Waals surface area contributed by atoms with Gasteiger partial charge in [0.1, 0.15) is 23.1 Å². The Labute approximate surface area is 192 Å². The monoisotopic (exact) mass is 453 g/mol. The second kappa shape index (κ2) is 10.9. The number of furan rings is 1. The van der Waals surface area contributed by atoms with Crippen molar-refractivity contribution in [2.45, 2.75) is 6.04 Å². The van der Waals surface area contributed by atoms with E-state index in [-0.39, 0.29) is 24.4 Å². The van der Waals surface area contributed by atoms with E-state index < -0.39 is 0 Å². The molecule has 1 amide bonds. The van der Waals surface area contributed by atoms with Gasteiger partial charge in [-0.1, -0.05) is 0 Å². The maximum atomic E-state index is 13.0. The van der Waals surface area contributed by atoms with Crippen LogP contribution in [0.15, 0.2) is 71.3 Å². The molecule has 1 saturated heterocycles. The van der Waals surface area contributed by atoms with E-state index in [4.69, 9.17) is 13.9 Å². The van der Waals surface area contributed by atoms with Gasteiger partial charge in [-0.15, -0.1) is 0 Å². The molecule has 7 nitrogen and oxygen atoms in total. The van der Waals surface area contributed by atoms with Gasteiger partial charge in [0.05, 0.1) is 19.4 Å². The van der Waals surface area contributed by atoms with E-state index in [9.17, 15) is 9.18 Å². The summed E-state index contributed by atoms with van der Waals surface area (Å²) >= 11 is 0. The van der Waals surface area contributed by atoms with Crippen LogP contribution in [0.5, 0.6) is 11.5 Å². The molecule has 0 aliphatic carbocycles. The van der Waals surface area contributed by atoms with Gasteiger partial charge in [-0.3, -0.25) is 9.69 Å². The minimum atomic E-state index is -0.347. The summed E-state index contributed by atoms with van der Waals surface area (Å²) in [6.45, 7) is 3.67. The number of amides is 1. The average molecular weight is 454 g/mol. The Kier molecular flexibility index (Phi) is 7.47. The lowest BCUT2D eigenvalue weighted by Crippen LogP contribution is -2.50. The van der Waals surface area contributed by atoms with Gasteiger partial charge in [0.25, 0.3) is 5.91 Å². The zero-order chi connectivity index (χ0) is 23.0. The Morgan fingerprint density at radius 2 is 1.73 bits per heavy atom. The number of nitrogens with one attached hydrogen (secondary N) is 1. The summed E-state index contributed by atoms with van der Waals surface area (Å²) in [5.41, 5.74) is 1.16. The SMILES string of the molecule is COc1ccc(N2CCN(C(CNC(=O)COc3ccc(F)cc3)c3ccco3)CC2)cc1. The Morgan fingerprint density at radius 3 is 2.36 bits per heavy atom. The summed E-state index contributed by atoms with van der Waals surface area (Å²) < 4.78 is 29.4. The van der Waals surface area contributed by atoms with E-state index in [1.807, 2.05) is 24.3 Å². The molecule has 1 aliphatic rings. The topological polar surface area (TPSA) is 67.2 Å². The second-order valence-electron chi connectivity index (χ2n) is 7.80. The number of rotatable bonds is 9. The second-order valence-corrected chi connectivity index (χ2v) is 7.80. The first kappa shape index (κ1) is 22.7. The fourth-order valence-electron chi connectivity index (χ4n) is 3.92. The molecule has 3 aromatic rings. The Hall–Kier alpha value is -3.52. The Morgan fingerprint density at radius 1 is 1.03 bits per heavy atom. The number of hydrogen-bond donors (Lipinski definition) is 1. The number of nitrogens with zero attached hydrogens (tertiary/aromatic N) is 2. The predicted molar refractivity (Wildman–Crippen MR) is 123 cm³/mol. The lowest BCUT2D eigenvalue weighted by Gasteiger charge is -2.39. The van der Waals surface area contributed by atoms with E-state index in [0.717, 1.165) is 43.4 Å². The first-order valence-corrected chi connectivity index (χ1v) is 10.9. The van der Waals surface area contributed by atoms with Crippen molar-refractivity contribution in [2.24, 2.45) is 0 Å². The summed E-state index contributed by atoms with van der Waals surface area (Å²) in [4.78, 5) is 17.0. The average Bonchev–Trinajstić information content (AvgIpc) is 3.39. The molecular weight excluding hydrogens is 425 g/mol. The van der Waals surface area contributed by atoms with Gasteiger partial charge in [-0.05, 0) is 60.7 Å². The highest BCUT2D eigenvalue weighted by atomic mass is 19.1. The van der Waals surface area contributed by atoms with Gasteiger partial charge >= 0.3 is 0 Å². The van der Waals surface area contributed by atoms with Gasteiger partial charge in [-0.2, -0.15) is 0 Å². The molecule has 4 rings (SSSR count). The predicted octanol–water partition coefficient (Wildman–Crippen LogP) is 3.49. The molecule has 174 valence electrons. The maximum Gasteiger partial charge on any atom is 0.258 e. The van der Waals surface area contributed by atoms with Crippen LogP contribution in [0.25, 0.3) is 0 Å². The van der Waals surface area contributed by atoms with Crippen molar-refractivity contribution < 1.29 is 23.1 Å². The van der Waals surface area contributed by atoms with E-state index in [2.05, 4.69) is 27.2 Å². The maximum absolute atomic E-state index is 13.0. The lowest BCUT2D eigenvalue weighted by molar-refractivity contribution is -0.123. The highest BCUT2D eigenvalue weighted by Crippen LogP contribution is 2.25. The van der Waals surface area contributed by atoms with E-state index in [1.54, 1.807) is 13.4 Å². The molecule has 2 heterocycles. The molecule has 1 aromatic heterocycles. The van der Waals surface area contributed by atoms with Gasteiger partial charge in [0.2, 0.25) is 0 Å². The van der Waals surface area contributed by atoms with Crippen LogP contribution in [0.1, 0.15) is 11.8 Å². The largest absolute Gasteiger partial charge is 0.497 e. The van der Waals surface area contributed by atoms with E-state index >= 15 is 0 Å². The van der Waals surface area contributed by atoms with Crippen molar-refractivity contribution in [3.63, 3.8) is 0 Å². The number of methoxy groups -OCH3 is 1. The molecule has 8 heteroatoms. The van der Waals surface area contributed by atoms with E-state index in [0.29, 0.717) is 12.3 Å². The smallest absolute Gasteiger partial charge is 0.258 e. The zero-order valence-electron chi connectivity index (χ0n) is 18.6. The van der Waals surface area contributed by atoms with Crippen LogP contribution in [0.4, 0.5) is 10.1 Å². The minimum Gasteiger partial charge on any atom is -0.497 e. The highest BCUT2D eigenvalue weighted by Gasteiger charge is 2.27. The number of carbonyl (C=O) groups is 1. The van der Waals surface area contributed by atoms with Crippen LogP contribution in [0.2, 0.25) is 0 Å². The summed E-state index contributed by atoms with van der Waals surface area (Å²) in [5, 5.41) is 2.94. The Balaban J connectivity index is 1.31. The van der Waals surface area contributed by atoms with Crippen LogP contribution < -0.4 is 19.7 Å². The number of benzene rings is 2. The van der Waals surface area contributed by atoms with Gasteiger partial charge in [0, 0.05) is 38.4 Å². The molecule has 0 saturated carbocycles. The van der Waals surface area contributed by atoms with Crippen molar-refractivity contribution in [3.8, 4) is 11.5 Å². The first-order chi connectivity index (χ1) is 16.1. The number of ether oxygens (including phenoxy) is 2. The molecule has 1 atom stereocenters. The molecule has 0 spiro atoms. The first-order valence-electron chi connectivity index (χ1n) is 10.9. The van der Waals surface area contributed by atoms with Gasteiger partial charge in [-0.25, -0.2) is 4.39 Å². The number of halogens is 1. The number of piperazine rings is 1. The van der Waals surface area contributed by atoms with Gasteiger partial charge in [0.15, 0.2) is 6.61 Å². The van der Waals surface area contributed by atoms with Crippen molar-refractivity contribution in [2.75, 3.05) is 51.3 Å². The lowest BCUT2D eigenvalue weighted by atomic mass is 10.1. The van der Waals surface area contributed by atoms with Crippen LogP contribution in [-0.4, -0.2) is 57.2 Å². The normalized spacial score (nSPS) is 15.2. The molecular formula is C25H28FN3O4. The fraction of sp³-hybridized carbons (Fsp3) is 0.320. The molecule has 1 N–H and O–H groups in total. The third-order valence-electron chi connectivity index (χ3n) is 5.74. The summed E-state index contributed by atoms with van der Waals surface area (Å²) in [5.74, 6) is 1.51. The van der Waals surface area contributed by atoms with Crippen molar-refractivity contribution in [1.82, 2.24) is 10.2 Å². The quantitative estimate of drug-likeness (QED) is 0.535. The zero-order valence-corrected chi connectivity index (χ0v) is 18.6. The molecule has 0 radical (unpaired) electrons. The molecule has 1 fully saturated rings. The van der Waals surface area contributed by atoms with Crippen LogP contribution in [-0.2, 0) is 4.79 Å². The van der Waals surface area contributed by atoms with Crippen LogP contribution in [0, 0.1) is 5.82 Å². The fourth-order valence-corrected chi connectivity index (χ4v) is 3.92. The molecule has 2 aromatic carbocycles. The van der Waals surface area contributed by atoms with Gasteiger partial charge < -0.3 is 24.1 Å². The third-order valence-corrected chi connectivity index (χ3v) is 5.74. The standard InChI is InChI=1S/C25H28FN3O4/c1-31-21-10-6-20(7-11-21)28-12-14-29(15-13-28)23(24-3-2-16-32-24)17-27-25(30)18-33-22-8-4-19(26)5-9-22/h2-11,16,23H,12-15,17-18H2,1H3,(H,27,30). The number of carbonyl (C=O) groups excluding carboxylic acids is 1. The third kappa shape index (κ3) is 6.04. The van der Waals surface area contributed by atoms with Crippen molar-refractivity contribution >= 4 is 11.6 Å². The summed E-state index contributed by atoms with van der Waals surface area (Å²) in [6.07, 6.45) is 1.65. The number of anilines is 1. The minimum absolute atomic E-state index is 0.0761.